The van der Waals surface area contributed by atoms with Gasteiger partial charge in [0.25, 0.3) is 0 Å². The summed E-state index contributed by atoms with van der Waals surface area (Å²) in [6, 6.07) is 18.1. The predicted molar refractivity (Wildman–Crippen MR) is 114 cm³/mol. The molecule has 6 nitrogen and oxygen atoms in total. The second kappa shape index (κ2) is 8.17. The van der Waals surface area contributed by atoms with E-state index in [0.717, 1.165) is 41.7 Å². The summed E-state index contributed by atoms with van der Waals surface area (Å²) < 4.78 is 5.20. The Morgan fingerprint density at radius 3 is 2.18 bits per heavy atom. The van der Waals surface area contributed by atoms with Gasteiger partial charge in [-0.05, 0) is 68.3 Å². The highest BCUT2D eigenvalue weighted by Gasteiger charge is 2.12. The van der Waals surface area contributed by atoms with E-state index in [1.165, 1.54) is 18.5 Å². The summed E-state index contributed by atoms with van der Waals surface area (Å²) in [4.78, 5) is 11.5. The van der Waals surface area contributed by atoms with Crippen LogP contribution in [0.25, 0.3) is 0 Å². The second-order valence-corrected chi connectivity index (χ2v) is 6.94. The quantitative estimate of drug-likeness (QED) is 0.640. The van der Waals surface area contributed by atoms with Crippen molar-refractivity contribution in [2.75, 3.05) is 35.7 Å². The van der Waals surface area contributed by atoms with Crippen LogP contribution < -0.4 is 20.3 Å². The van der Waals surface area contributed by atoms with Gasteiger partial charge in [0, 0.05) is 41.9 Å². The molecule has 144 valence electrons. The van der Waals surface area contributed by atoms with Crippen LogP contribution in [0.3, 0.4) is 0 Å². The summed E-state index contributed by atoms with van der Waals surface area (Å²) in [5.74, 6) is 2.14. The maximum Gasteiger partial charge on any atom is 0.229 e. The average Bonchev–Trinajstić information content (AvgIpc) is 3.23. The van der Waals surface area contributed by atoms with E-state index in [9.17, 15) is 0 Å². The van der Waals surface area contributed by atoms with Crippen molar-refractivity contribution < 1.29 is 4.74 Å². The standard InChI is InChI=1S/C22H25N5O/c1-16-15-21(24-17-7-11-20(28-2)12-8-17)26-22(23-16)25-18-5-9-19(10-6-18)27-13-3-4-14-27/h5-12,15H,3-4,13-14H2,1-2H3,(H2,23,24,25,26). The maximum atomic E-state index is 5.20. The van der Waals surface area contributed by atoms with E-state index < -0.39 is 0 Å². The molecule has 0 atom stereocenters. The van der Waals surface area contributed by atoms with Crippen molar-refractivity contribution >= 4 is 28.8 Å². The second-order valence-electron chi connectivity index (χ2n) is 6.94. The van der Waals surface area contributed by atoms with Crippen molar-refractivity contribution in [1.82, 2.24) is 9.97 Å². The zero-order valence-electron chi connectivity index (χ0n) is 16.3. The molecule has 0 spiro atoms. The maximum absolute atomic E-state index is 5.20. The molecule has 3 aromatic rings. The molecule has 2 aromatic carbocycles. The molecule has 1 aliphatic heterocycles. The Kier molecular flexibility index (Phi) is 5.28. The van der Waals surface area contributed by atoms with Crippen molar-refractivity contribution in [1.29, 1.82) is 0 Å². The van der Waals surface area contributed by atoms with Crippen LogP contribution in [-0.4, -0.2) is 30.2 Å². The van der Waals surface area contributed by atoms with Crippen LogP contribution in [0.15, 0.2) is 54.6 Å². The molecule has 0 bridgehead atoms. The lowest BCUT2D eigenvalue weighted by Gasteiger charge is -2.18. The van der Waals surface area contributed by atoms with Gasteiger partial charge in [-0.25, -0.2) is 4.98 Å². The van der Waals surface area contributed by atoms with Gasteiger partial charge in [0.1, 0.15) is 11.6 Å². The van der Waals surface area contributed by atoms with Gasteiger partial charge in [0.05, 0.1) is 7.11 Å². The van der Waals surface area contributed by atoms with Gasteiger partial charge >= 0.3 is 0 Å². The van der Waals surface area contributed by atoms with Crippen molar-refractivity contribution in [2.45, 2.75) is 19.8 Å². The number of aromatic nitrogens is 2. The Bertz CT molecular complexity index is 919. The first-order valence-electron chi connectivity index (χ1n) is 9.58. The fourth-order valence-corrected chi connectivity index (χ4v) is 3.37. The molecule has 1 fully saturated rings. The molecule has 6 heteroatoms. The number of rotatable bonds is 6. The third kappa shape index (κ3) is 4.34. The van der Waals surface area contributed by atoms with Gasteiger partial charge in [-0.15, -0.1) is 0 Å². The molecule has 1 aromatic heterocycles. The van der Waals surface area contributed by atoms with Crippen molar-refractivity contribution in [3.8, 4) is 5.75 Å². The van der Waals surface area contributed by atoms with Gasteiger partial charge in [-0.2, -0.15) is 4.98 Å². The van der Waals surface area contributed by atoms with Gasteiger partial charge in [0.2, 0.25) is 5.95 Å². The average molecular weight is 375 g/mol. The number of nitrogens with zero attached hydrogens (tertiary/aromatic N) is 3. The van der Waals surface area contributed by atoms with E-state index >= 15 is 0 Å². The molecular weight excluding hydrogens is 350 g/mol. The zero-order chi connectivity index (χ0) is 19.3. The Balaban J connectivity index is 1.47. The third-order valence-electron chi connectivity index (χ3n) is 4.81. The number of ether oxygens (including phenoxy) is 1. The van der Waals surface area contributed by atoms with E-state index in [4.69, 9.17) is 4.74 Å². The first-order valence-corrected chi connectivity index (χ1v) is 9.58. The highest BCUT2D eigenvalue weighted by atomic mass is 16.5. The third-order valence-corrected chi connectivity index (χ3v) is 4.81. The molecule has 0 unspecified atom stereocenters. The lowest BCUT2D eigenvalue weighted by atomic mass is 10.2. The smallest absolute Gasteiger partial charge is 0.229 e. The minimum absolute atomic E-state index is 0.574. The highest BCUT2D eigenvalue weighted by Crippen LogP contribution is 2.24. The molecular formula is C22H25N5O. The number of nitrogens with one attached hydrogen (secondary N) is 2. The highest BCUT2D eigenvalue weighted by molar-refractivity contribution is 5.62. The lowest BCUT2D eigenvalue weighted by molar-refractivity contribution is 0.415. The molecule has 1 saturated heterocycles. The number of methoxy groups -OCH3 is 1. The van der Waals surface area contributed by atoms with Crippen LogP contribution >= 0.6 is 0 Å². The van der Waals surface area contributed by atoms with E-state index in [2.05, 4.69) is 49.8 Å². The largest absolute Gasteiger partial charge is 0.497 e. The van der Waals surface area contributed by atoms with E-state index in [-0.39, 0.29) is 0 Å². The zero-order valence-corrected chi connectivity index (χ0v) is 16.3. The number of hydrogen-bond acceptors (Lipinski definition) is 6. The molecule has 28 heavy (non-hydrogen) atoms. The molecule has 0 aliphatic carbocycles. The normalized spacial score (nSPS) is 13.4. The van der Waals surface area contributed by atoms with Crippen LogP contribution in [0, 0.1) is 6.92 Å². The summed E-state index contributed by atoms with van der Waals surface area (Å²) in [7, 11) is 1.66. The summed E-state index contributed by atoms with van der Waals surface area (Å²) in [6.45, 7) is 4.25. The van der Waals surface area contributed by atoms with Crippen molar-refractivity contribution in [2.24, 2.45) is 0 Å². The fraction of sp³-hybridized carbons (Fsp3) is 0.273. The lowest BCUT2D eigenvalue weighted by Crippen LogP contribution is -2.17. The minimum atomic E-state index is 0.574. The Morgan fingerprint density at radius 2 is 1.50 bits per heavy atom. The summed E-state index contributed by atoms with van der Waals surface area (Å²) in [6.07, 6.45) is 2.56. The Hall–Kier alpha value is -3.28. The Morgan fingerprint density at radius 1 is 0.857 bits per heavy atom. The number of benzene rings is 2. The van der Waals surface area contributed by atoms with E-state index in [1.807, 2.05) is 37.3 Å². The molecule has 0 radical (unpaired) electrons. The molecule has 4 rings (SSSR count). The summed E-state index contributed by atoms with van der Waals surface area (Å²) in [5.41, 5.74) is 4.08. The fourth-order valence-electron chi connectivity index (χ4n) is 3.37. The number of aryl methyl sites for hydroxylation is 1. The summed E-state index contributed by atoms with van der Waals surface area (Å²) in [5, 5.41) is 6.62. The predicted octanol–water partition coefficient (Wildman–Crippen LogP) is 4.88. The SMILES string of the molecule is COc1ccc(Nc2cc(C)nc(Nc3ccc(N4CCCC4)cc3)n2)cc1. The summed E-state index contributed by atoms with van der Waals surface area (Å²) >= 11 is 0. The van der Waals surface area contributed by atoms with Crippen LogP contribution in [0.1, 0.15) is 18.5 Å². The Labute approximate surface area is 165 Å². The number of hydrogen-bond donors (Lipinski definition) is 2. The van der Waals surface area contributed by atoms with Gasteiger partial charge in [-0.3, -0.25) is 0 Å². The van der Waals surface area contributed by atoms with Crippen LogP contribution in [0.2, 0.25) is 0 Å². The van der Waals surface area contributed by atoms with Gasteiger partial charge < -0.3 is 20.3 Å². The van der Waals surface area contributed by atoms with Crippen LogP contribution in [0.4, 0.5) is 28.8 Å². The van der Waals surface area contributed by atoms with Crippen LogP contribution in [-0.2, 0) is 0 Å². The molecule has 2 heterocycles. The van der Waals surface area contributed by atoms with E-state index in [1.54, 1.807) is 7.11 Å². The van der Waals surface area contributed by atoms with Crippen molar-refractivity contribution in [3.05, 3.63) is 60.3 Å². The first-order chi connectivity index (χ1) is 13.7. The van der Waals surface area contributed by atoms with Gasteiger partial charge in [0.15, 0.2) is 0 Å². The molecule has 2 N–H and O–H groups in total. The van der Waals surface area contributed by atoms with Crippen LogP contribution in [0.5, 0.6) is 5.75 Å². The molecule has 0 saturated carbocycles. The van der Waals surface area contributed by atoms with E-state index in [0.29, 0.717) is 5.95 Å². The number of anilines is 5. The van der Waals surface area contributed by atoms with Gasteiger partial charge in [-0.1, -0.05) is 0 Å². The molecule has 1 aliphatic rings. The minimum Gasteiger partial charge on any atom is -0.497 e. The topological polar surface area (TPSA) is 62.3 Å². The van der Waals surface area contributed by atoms with Crippen molar-refractivity contribution in [3.63, 3.8) is 0 Å². The first kappa shape index (κ1) is 18.1. The monoisotopic (exact) mass is 375 g/mol. The molecule has 0 amide bonds.